The molecule has 4 heteroatoms. The molecule has 1 aromatic heterocycles. The number of ether oxygens (including phenoxy) is 1. The topological polar surface area (TPSA) is 47.3 Å². The van der Waals surface area contributed by atoms with E-state index in [2.05, 4.69) is 17.4 Å². The number of nitrogens with zero attached hydrogens (tertiary/aromatic N) is 1. The fourth-order valence-electron chi connectivity index (χ4n) is 3.13. The molecule has 1 aliphatic rings. The average Bonchev–Trinajstić information content (AvgIpc) is 3.06. The van der Waals surface area contributed by atoms with E-state index in [1.54, 1.807) is 0 Å². The first-order valence-electron chi connectivity index (χ1n) is 8.19. The molecule has 1 aliphatic heterocycles. The second kappa shape index (κ2) is 7.56. The van der Waals surface area contributed by atoms with Gasteiger partial charge >= 0.3 is 0 Å². The number of rotatable bonds is 6. The summed E-state index contributed by atoms with van der Waals surface area (Å²) in [4.78, 5) is 0. The zero-order valence-electron chi connectivity index (χ0n) is 13.1. The van der Waals surface area contributed by atoms with Crippen LogP contribution in [0.1, 0.15) is 31.9 Å². The van der Waals surface area contributed by atoms with Crippen molar-refractivity contribution in [3.05, 3.63) is 42.1 Å². The van der Waals surface area contributed by atoms with Crippen molar-refractivity contribution >= 4 is 0 Å². The Labute approximate surface area is 131 Å². The monoisotopic (exact) mass is 300 g/mol. The Bertz CT molecular complexity index is 561. The van der Waals surface area contributed by atoms with E-state index in [4.69, 9.17) is 9.26 Å². The summed E-state index contributed by atoms with van der Waals surface area (Å²) in [5, 5.41) is 7.82. The molecule has 0 amide bonds. The third-order valence-corrected chi connectivity index (χ3v) is 4.44. The first-order valence-corrected chi connectivity index (χ1v) is 8.19. The van der Waals surface area contributed by atoms with Crippen LogP contribution in [0.5, 0.6) is 0 Å². The fraction of sp³-hybridized carbons (Fsp3) is 0.500. The molecule has 0 radical (unpaired) electrons. The zero-order chi connectivity index (χ0) is 15.2. The van der Waals surface area contributed by atoms with Gasteiger partial charge in [0.25, 0.3) is 0 Å². The van der Waals surface area contributed by atoms with E-state index < -0.39 is 0 Å². The summed E-state index contributed by atoms with van der Waals surface area (Å²) < 4.78 is 10.9. The van der Waals surface area contributed by atoms with Gasteiger partial charge in [0.1, 0.15) is 0 Å². The minimum atomic E-state index is 0.528. The Morgan fingerprint density at radius 1 is 1.23 bits per heavy atom. The minimum Gasteiger partial charge on any atom is -0.381 e. The van der Waals surface area contributed by atoms with Gasteiger partial charge < -0.3 is 14.6 Å². The zero-order valence-corrected chi connectivity index (χ0v) is 13.1. The maximum absolute atomic E-state index is 5.45. The van der Waals surface area contributed by atoms with Crippen LogP contribution in [0.2, 0.25) is 0 Å². The van der Waals surface area contributed by atoms with Gasteiger partial charge in [-0.15, -0.1) is 0 Å². The highest BCUT2D eigenvalue weighted by atomic mass is 16.5. The van der Waals surface area contributed by atoms with Crippen molar-refractivity contribution in [3.63, 3.8) is 0 Å². The molecule has 1 N–H and O–H groups in total. The predicted octanol–water partition coefficient (Wildman–Crippen LogP) is 3.64. The lowest BCUT2D eigenvalue weighted by Gasteiger charge is -2.30. The smallest absolute Gasteiger partial charge is 0.167 e. The van der Waals surface area contributed by atoms with Crippen LogP contribution in [0.4, 0.5) is 0 Å². The van der Waals surface area contributed by atoms with Crippen molar-refractivity contribution < 1.29 is 9.26 Å². The van der Waals surface area contributed by atoms with Crippen molar-refractivity contribution in [2.24, 2.45) is 5.92 Å². The normalized spacial score (nSPS) is 17.5. The van der Waals surface area contributed by atoms with Crippen molar-refractivity contribution in [3.8, 4) is 11.3 Å². The van der Waals surface area contributed by atoms with Gasteiger partial charge in [0.15, 0.2) is 5.76 Å². The summed E-state index contributed by atoms with van der Waals surface area (Å²) in [7, 11) is 0. The molecule has 22 heavy (non-hydrogen) atoms. The average molecular weight is 300 g/mol. The standard InChI is InChI=1S/C18H24N2O2/c1-2-17(14-8-10-21-11-9-14)19-13-16-12-18(22-20-16)15-6-4-3-5-7-15/h3-7,12,14,17,19H,2,8-11,13H2,1H3/t17-/m1/s1. The molecule has 1 aromatic carbocycles. The van der Waals surface area contributed by atoms with Crippen molar-refractivity contribution in [2.75, 3.05) is 13.2 Å². The van der Waals surface area contributed by atoms with Crippen LogP contribution in [-0.2, 0) is 11.3 Å². The summed E-state index contributed by atoms with van der Waals surface area (Å²) in [6.45, 7) is 4.79. The van der Waals surface area contributed by atoms with E-state index >= 15 is 0 Å². The molecule has 1 saturated heterocycles. The Morgan fingerprint density at radius 2 is 2.00 bits per heavy atom. The lowest BCUT2D eigenvalue weighted by atomic mass is 9.90. The number of nitrogens with one attached hydrogen (secondary N) is 1. The number of hydrogen-bond donors (Lipinski definition) is 1. The van der Waals surface area contributed by atoms with E-state index in [1.807, 2.05) is 36.4 Å². The van der Waals surface area contributed by atoms with Gasteiger partial charge in [-0.3, -0.25) is 0 Å². The first kappa shape index (κ1) is 15.3. The molecule has 2 aromatic rings. The second-order valence-electron chi connectivity index (χ2n) is 5.89. The van der Waals surface area contributed by atoms with Gasteiger partial charge in [-0.2, -0.15) is 0 Å². The highest BCUT2D eigenvalue weighted by molar-refractivity contribution is 5.56. The third kappa shape index (κ3) is 3.76. The number of hydrogen-bond acceptors (Lipinski definition) is 4. The fourth-order valence-corrected chi connectivity index (χ4v) is 3.13. The molecule has 118 valence electrons. The van der Waals surface area contributed by atoms with Crippen LogP contribution in [0, 0.1) is 5.92 Å². The molecule has 2 heterocycles. The second-order valence-corrected chi connectivity index (χ2v) is 5.89. The quantitative estimate of drug-likeness (QED) is 0.885. The first-order chi connectivity index (χ1) is 10.9. The Balaban J connectivity index is 1.58. The molecule has 1 atom stereocenters. The molecule has 0 saturated carbocycles. The third-order valence-electron chi connectivity index (χ3n) is 4.44. The summed E-state index contributed by atoms with van der Waals surface area (Å²) in [5.74, 6) is 1.54. The summed E-state index contributed by atoms with van der Waals surface area (Å²) in [6, 6.07) is 12.6. The van der Waals surface area contributed by atoms with E-state index in [9.17, 15) is 0 Å². The summed E-state index contributed by atoms with van der Waals surface area (Å²) in [5.41, 5.74) is 2.03. The van der Waals surface area contributed by atoms with Crippen molar-refractivity contribution in [1.82, 2.24) is 10.5 Å². The van der Waals surface area contributed by atoms with Crippen LogP contribution in [0.25, 0.3) is 11.3 Å². The molecule has 4 nitrogen and oxygen atoms in total. The highest BCUT2D eigenvalue weighted by Crippen LogP contribution is 2.22. The number of benzene rings is 1. The van der Waals surface area contributed by atoms with Crippen LogP contribution in [0.3, 0.4) is 0 Å². The van der Waals surface area contributed by atoms with Gasteiger partial charge in [0.2, 0.25) is 0 Å². The molecule has 0 unspecified atom stereocenters. The molecule has 3 rings (SSSR count). The summed E-state index contributed by atoms with van der Waals surface area (Å²) >= 11 is 0. The molecular formula is C18H24N2O2. The largest absolute Gasteiger partial charge is 0.381 e. The maximum atomic E-state index is 5.45. The maximum Gasteiger partial charge on any atom is 0.167 e. The van der Waals surface area contributed by atoms with E-state index in [1.165, 1.54) is 0 Å². The van der Waals surface area contributed by atoms with Crippen molar-refractivity contribution in [2.45, 2.75) is 38.8 Å². The molecular weight excluding hydrogens is 276 g/mol. The SMILES string of the molecule is CC[C@@H](NCc1cc(-c2ccccc2)on1)C1CCOCC1. The van der Waals surface area contributed by atoms with E-state index in [0.717, 1.165) is 56.0 Å². The van der Waals surface area contributed by atoms with Crippen LogP contribution in [-0.4, -0.2) is 24.4 Å². The molecule has 1 fully saturated rings. The van der Waals surface area contributed by atoms with Crippen LogP contribution in [0.15, 0.2) is 40.9 Å². The summed E-state index contributed by atoms with van der Waals surface area (Å²) in [6.07, 6.45) is 3.44. The Morgan fingerprint density at radius 3 is 2.73 bits per heavy atom. The van der Waals surface area contributed by atoms with Crippen molar-refractivity contribution in [1.29, 1.82) is 0 Å². The van der Waals surface area contributed by atoms with E-state index in [-0.39, 0.29) is 0 Å². The van der Waals surface area contributed by atoms with Crippen LogP contribution < -0.4 is 5.32 Å². The van der Waals surface area contributed by atoms with E-state index in [0.29, 0.717) is 12.0 Å². The molecule has 0 aliphatic carbocycles. The van der Waals surface area contributed by atoms with Gasteiger partial charge in [-0.1, -0.05) is 42.4 Å². The Kier molecular flexibility index (Phi) is 5.24. The molecule has 0 spiro atoms. The van der Waals surface area contributed by atoms with Gasteiger partial charge in [-0.25, -0.2) is 0 Å². The minimum absolute atomic E-state index is 0.528. The predicted molar refractivity (Wildman–Crippen MR) is 86.4 cm³/mol. The number of aromatic nitrogens is 1. The van der Waals surface area contributed by atoms with Gasteiger partial charge in [0, 0.05) is 37.4 Å². The lowest BCUT2D eigenvalue weighted by molar-refractivity contribution is 0.0529. The van der Waals surface area contributed by atoms with Gasteiger partial charge in [-0.05, 0) is 25.2 Å². The van der Waals surface area contributed by atoms with Crippen LogP contribution >= 0.6 is 0 Å². The Hall–Kier alpha value is -1.65. The lowest BCUT2D eigenvalue weighted by Crippen LogP contribution is -2.38. The molecule has 0 bridgehead atoms. The van der Waals surface area contributed by atoms with Gasteiger partial charge in [0.05, 0.1) is 5.69 Å². The highest BCUT2D eigenvalue weighted by Gasteiger charge is 2.22.